The fourth-order valence-corrected chi connectivity index (χ4v) is 2.29. The molecule has 94 valence electrons. The number of anilines is 1. The second-order valence-electron chi connectivity index (χ2n) is 3.85. The minimum atomic E-state index is -0.167. The SMILES string of the molecule is CSc1ccccc1C(=O)Nc1cccc(C#N)c1. The topological polar surface area (TPSA) is 52.9 Å². The molecule has 0 spiro atoms. The lowest BCUT2D eigenvalue weighted by atomic mass is 10.2. The molecule has 2 aromatic carbocycles. The molecule has 0 heterocycles. The average Bonchev–Trinajstić information content (AvgIpc) is 2.47. The van der Waals surface area contributed by atoms with Gasteiger partial charge < -0.3 is 5.32 Å². The Kier molecular flexibility index (Phi) is 4.22. The minimum Gasteiger partial charge on any atom is -0.322 e. The van der Waals surface area contributed by atoms with Crippen LogP contribution in [-0.4, -0.2) is 12.2 Å². The Labute approximate surface area is 116 Å². The fourth-order valence-electron chi connectivity index (χ4n) is 1.70. The van der Waals surface area contributed by atoms with E-state index < -0.39 is 0 Å². The number of carbonyl (C=O) groups is 1. The van der Waals surface area contributed by atoms with Crippen LogP contribution < -0.4 is 5.32 Å². The number of rotatable bonds is 3. The van der Waals surface area contributed by atoms with Crippen molar-refractivity contribution in [1.82, 2.24) is 0 Å². The molecule has 1 amide bonds. The van der Waals surface area contributed by atoms with Crippen LogP contribution in [0.25, 0.3) is 0 Å². The zero-order valence-corrected chi connectivity index (χ0v) is 11.2. The van der Waals surface area contributed by atoms with Gasteiger partial charge in [-0.1, -0.05) is 18.2 Å². The summed E-state index contributed by atoms with van der Waals surface area (Å²) in [5.74, 6) is -0.167. The minimum absolute atomic E-state index is 0.167. The number of nitrogens with zero attached hydrogens (tertiary/aromatic N) is 1. The van der Waals surface area contributed by atoms with Gasteiger partial charge in [-0.2, -0.15) is 5.26 Å². The molecular weight excluding hydrogens is 256 g/mol. The number of hydrogen-bond donors (Lipinski definition) is 1. The smallest absolute Gasteiger partial charge is 0.256 e. The molecule has 0 bridgehead atoms. The van der Waals surface area contributed by atoms with Crippen LogP contribution in [0.4, 0.5) is 5.69 Å². The van der Waals surface area contributed by atoms with Gasteiger partial charge in [0.15, 0.2) is 0 Å². The highest BCUT2D eigenvalue weighted by atomic mass is 32.2. The lowest BCUT2D eigenvalue weighted by Gasteiger charge is -2.08. The van der Waals surface area contributed by atoms with E-state index in [0.717, 1.165) is 4.90 Å². The summed E-state index contributed by atoms with van der Waals surface area (Å²) < 4.78 is 0. The van der Waals surface area contributed by atoms with E-state index in [0.29, 0.717) is 16.8 Å². The molecule has 2 aromatic rings. The maximum absolute atomic E-state index is 12.2. The number of carbonyl (C=O) groups excluding carboxylic acids is 1. The van der Waals surface area contributed by atoms with Gasteiger partial charge in [0.2, 0.25) is 0 Å². The monoisotopic (exact) mass is 268 g/mol. The number of hydrogen-bond acceptors (Lipinski definition) is 3. The van der Waals surface area contributed by atoms with Gasteiger partial charge in [0, 0.05) is 10.6 Å². The summed E-state index contributed by atoms with van der Waals surface area (Å²) in [7, 11) is 0. The van der Waals surface area contributed by atoms with E-state index in [-0.39, 0.29) is 5.91 Å². The third-order valence-electron chi connectivity index (χ3n) is 2.60. The van der Waals surface area contributed by atoms with Gasteiger partial charge in [0.1, 0.15) is 0 Å². The van der Waals surface area contributed by atoms with Crippen LogP contribution >= 0.6 is 11.8 Å². The number of nitrogens with one attached hydrogen (secondary N) is 1. The maximum atomic E-state index is 12.2. The summed E-state index contributed by atoms with van der Waals surface area (Å²) in [6.45, 7) is 0. The lowest BCUT2D eigenvalue weighted by Crippen LogP contribution is -2.12. The van der Waals surface area contributed by atoms with Gasteiger partial charge >= 0.3 is 0 Å². The Morgan fingerprint density at radius 3 is 2.74 bits per heavy atom. The molecule has 0 aliphatic carbocycles. The van der Waals surface area contributed by atoms with Crippen LogP contribution in [-0.2, 0) is 0 Å². The molecule has 0 atom stereocenters. The standard InChI is InChI=1S/C15H12N2OS/c1-19-14-8-3-2-7-13(14)15(18)17-12-6-4-5-11(9-12)10-16/h2-9H,1H3,(H,17,18). The molecule has 0 aliphatic rings. The molecular formula is C15H12N2OS. The molecule has 0 radical (unpaired) electrons. The Morgan fingerprint density at radius 2 is 2.00 bits per heavy atom. The lowest BCUT2D eigenvalue weighted by molar-refractivity contribution is 0.102. The summed E-state index contributed by atoms with van der Waals surface area (Å²) in [6.07, 6.45) is 1.93. The van der Waals surface area contributed by atoms with Crippen molar-refractivity contribution in [2.45, 2.75) is 4.90 Å². The highest BCUT2D eigenvalue weighted by Crippen LogP contribution is 2.21. The number of nitriles is 1. The first-order valence-corrected chi connectivity index (χ1v) is 6.91. The molecule has 0 saturated heterocycles. The molecule has 2 rings (SSSR count). The van der Waals surface area contributed by atoms with Crippen molar-refractivity contribution in [2.75, 3.05) is 11.6 Å². The molecule has 1 N–H and O–H groups in total. The van der Waals surface area contributed by atoms with Crippen molar-refractivity contribution in [3.05, 3.63) is 59.7 Å². The van der Waals surface area contributed by atoms with Crippen LogP contribution in [0, 0.1) is 11.3 Å². The zero-order valence-electron chi connectivity index (χ0n) is 10.4. The van der Waals surface area contributed by atoms with Crippen LogP contribution in [0.5, 0.6) is 0 Å². The van der Waals surface area contributed by atoms with Crippen LogP contribution in [0.15, 0.2) is 53.4 Å². The molecule has 0 aliphatic heterocycles. The van der Waals surface area contributed by atoms with Crippen molar-refractivity contribution in [2.24, 2.45) is 0 Å². The van der Waals surface area contributed by atoms with Crippen LogP contribution in [0.2, 0.25) is 0 Å². The summed E-state index contributed by atoms with van der Waals surface area (Å²) in [4.78, 5) is 13.1. The van der Waals surface area contributed by atoms with Crippen molar-refractivity contribution in [1.29, 1.82) is 5.26 Å². The van der Waals surface area contributed by atoms with Crippen molar-refractivity contribution >= 4 is 23.4 Å². The second-order valence-corrected chi connectivity index (χ2v) is 4.70. The predicted molar refractivity (Wildman–Crippen MR) is 77.3 cm³/mol. The van der Waals surface area contributed by atoms with E-state index in [1.807, 2.05) is 30.5 Å². The molecule has 19 heavy (non-hydrogen) atoms. The normalized spacial score (nSPS) is 9.68. The average molecular weight is 268 g/mol. The van der Waals surface area contributed by atoms with E-state index in [9.17, 15) is 4.79 Å². The molecule has 0 fully saturated rings. The van der Waals surface area contributed by atoms with Crippen molar-refractivity contribution in [3.63, 3.8) is 0 Å². The molecule has 0 unspecified atom stereocenters. The van der Waals surface area contributed by atoms with Gasteiger partial charge in [0.05, 0.1) is 17.2 Å². The van der Waals surface area contributed by atoms with E-state index in [1.165, 1.54) is 11.8 Å². The Bertz CT molecular complexity index is 647. The summed E-state index contributed by atoms with van der Waals surface area (Å²) in [5, 5.41) is 11.6. The van der Waals surface area contributed by atoms with Crippen LogP contribution in [0.1, 0.15) is 15.9 Å². The fraction of sp³-hybridized carbons (Fsp3) is 0.0667. The summed E-state index contributed by atoms with van der Waals surface area (Å²) in [5.41, 5.74) is 1.79. The molecule has 0 aromatic heterocycles. The van der Waals surface area contributed by atoms with Gasteiger partial charge in [-0.3, -0.25) is 4.79 Å². The molecule has 3 nitrogen and oxygen atoms in total. The highest BCUT2D eigenvalue weighted by molar-refractivity contribution is 7.98. The number of benzene rings is 2. The zero-order chi connectivity index (χ0) is 13.7. The van der Waals surface area contributed by atoms with Gasteiger partial charge in [-0.05, 0) is 36.6 Å². The Balaban J connectivity index is 2.23. The first-order valence-electron chi connectivity index (χ1n) is 5.69. The van der Waals surface area contributed by atoms with Gasteiger partial charge in [-0.15, -0.1) is 11.8 Å². The van der Waals surface area contributed by atoms with Crippen molar-refractivity contribution < 1.29 is 4.79 Å². The predicted octanol–water partition coefficient (Wildman–Crippen LogP) is 3.53. The summed E-state index contributed by atoms with van der Waals surface area (Å²) in [6, 6.07) is 16.3. The number of amides is 1. The second kappa shape index (κ2) is 6.07. The van der Waals surface area contributed by atoms with E-state index in [2.05, 4.69) is 5.32 Å². The maximum Gasteiger partial charge on any atom is 0.256 e. The number of thioether (sulfide) groups is 1. The van der Waals surface area contributed by atoms with Gasteiger partial charge in [-0.25, -0.2) is 0 Å². The third-order valence-corrected chi connectivity index (χ3v) is 3.40. The largest absolute Gasteiger partial charge is 0.322 e. The third kappa shape index (κ3) is 3.15. The first kappa shape index (κ1) is 13.2. The first-order chi connectivity index (χ1) is 9.24. The van der Waals surface area contributed by atoms with Crippen LogP contribution in [0.3, 0.4) is 0 Å². The summed E-state index contributed by atoms with van der Waals surface area (Å²) >= 11 is 1.53. The van der Waals surface area contributed by atoms with Gasteiger partial charge in [0.25, 0.3) is 5.91 Å². The van der Waals surface area contributed by atoms with E-state index >= 15 is 0 Å². The highest BCUT2D eigenvalue weighted by Gasteiger charge is 2.10. The Morgan fingerprint density at radius 1 is 1.21 bits per heavy atom. The van der Waals surface area contributed by atoms with E-state index in [4.69, 9.17) is 5.26 Å². The van der Waals surface area contributed by atoms with E-state index in [1.54, 1.807) is 30.3 Å². The quantitative estimate of drug-likeness (QED) is 0.866. The Hall–Kier alpha value is -2.25. The van der Waals surface area contributed by atoms with Crippen molar-refractivity contribution in [3.8, 4) is 6.07 Å². The molecule has 0 saturated carbocycles. The molecule has 4 heteroatoms.